The Morgan fingerprint density at radius 1 is 1.56 bits per heavy atom. The third-order valence-corrected chi connectivity index (χ3v) is 3.29. The number of hydrogen-bond acceptors (Lipinski definition) is 3. The summed E-state index contributed by atoms with van der Waals surface area (Å²) in [4.78, 5) is 16.1. The number of hydrogen-bond donors (Lipinski definition) is 1. The van der Waals surface area contributed by atoms with Gasteiger partial charge in [-0.2, -0.15) is 0 Å². The first-order chi connectivity index (χ1) is 7.57. The van der Waals surface area contributed by atoms with Crippen LogP contribution in [0.3, 0.4) is 0 Å². The fraction of sp³-hybridized carbons (Fsp3) is 0.538. The van der Waals surface area contributed by atoms with Gasteiger partial charge in [0.15, 0.2) is 0 Å². The van der Waals surface area contributed by atoms with Crippen LogP contribution in [0.4, 0.5) is 0 Å². The molecule has 86 valence electrons. The summed E-state index contributed by atoms with van der Waals surface area (Å²) < 4.78 is 0. The highest BCUT2D eigenvalue weighted by Crippen LogP contribution is 2.29. The Kier molecular flexibility index (Phi) is 3.06. The van der Waals surface area contributed by atoms with Crippen LogP contribution < -0.4 is 5.73 Å². The molecular formula is C13H18N2O. The summed E-state index contributed by atoms with van der Waals surface area (Å²) in [5.41, 5.74) is 6.91. The van der Waals surface area contributed by atoms with Crippen LogP contribution in [0.1, 0.15) is 31.9 Å². The zero-order valence-electron chi connectivity index (χ0n) is 9.65. The molecule has 0 amide bonds. The number of nitrogens with two attached hydrogens (primary N) is 1. The van der Waals surface area contributed by atoms with Crippen LogP contribution in [0.15, 0.2) is 24.4 Å². The summed E-state index contributed by atoms with van der Waals surface area (Å²) in [6, 6.07) is 5.81. The highest BCUT2D eigenvalue weighted by molar-refractivity contribution is 5.82. The van der Waals surface area contributed by atoms with Gasteiger partial charge in [-0.05, 0) is 38.3 Å². The molecule has 1 aromatic rings. The molecule has 16 heavy (non-hydrogen) atoms. The van der Waals surface area contributed by atoms with Crippen molar-refractivity contribution in [3.63, 3.8) is 0 Å². The van der Waals surface area contributed by atoms with E-state index in [4.69, 9.17) is 5.73 Å². The molecule has 2 N–H and O–H groups in total. The zero-order valence-corrected chi connectivity index (χ0v) is 9.65. The fourth-order valence-corrected chi connectivity index (χ4v) is 2.35. The Morgan fingerprint density at radius 3 is 3.06 bits per heavy atom. The highest BCUT2D eigenvalue weighted by Gasteiger charge is 2.34. The minimum Gasteiger partial charge on any atom is -0.325 e. The number of carbonyl (C=O) groups excluding carboxylic acids is 1. The van der Waals surface area contributed by atoms with E-state index in [2.05, 4.69) is 4.98 Å². The van der Waals surface area contributed by atoms with Crippen molar-refractivity contribution in [3.8, 4) is 0 Å². The van der Waals surface area contributed by atoms with Gasteiger partial charge in [-0.1, -0.05) is 6.07 Å². The molecule has 1 aliphatic rings. The van der Waals surface area contributed by atoms with Crippen molar-refractivity contribution in [2.45, 2.75) is 38.1 Å². The van der Waals surface area contributed by atoms with E-state index in [0.717, 1.165) is 25.0 Å². The van der Waals surface area contributed by atoms with Gasteiger partial charge < -0.3 is 5.73 Å². The van der Waals surface area contributed by atoms with Gasteiger partial charge in [0, 0.05) is 29.8 Å². The lowest BCUT2D eigenvalue weighted by atomic mass is 9.75. The van der Waals surface area contributed by atoms with Crippen LogP contribution in [-0.2, 0) is 11.2 Å². The maximum Gasteiger partial charge on any atom is 0.136 e. The van der Waals surface area contributed by atoms with Crippen LogP contribution >= 0.6 is 0 Å². The lowest BCUT2D eigenvalue weighted by molar-refractivity contribution is -0.125. The van der Waals surface area contributed by atoms with Gasteiger partial charge in [0.05, 0.1) is 0 Å². The summed E-state index contributed by atoms with van der Waals surface area (Å²) in [6.07, 6.45) is 4.70. The normalized spacial score (nSPS) is 30.4. The van der Waals surface area contributed by atoms with E-state index in [1.165, 1.54) is 0 Å². The summed E-state index contributed by atoms with van der Waals surface area (Å²) in [5.74, 6) is 0.396. The second-order valence-electron chi connectivity index (χ2n) is 5.05. The average molecular weight is 218 g/mol. The Hall–Kier alpha value is -1.22. The van der Waals surface area contributed by atoms with Crippen molar-refractivity contribution >= 4 is 5.78 Å². The predicted molar refractivity (Wildman–Crippen MR) is 62.9 cm³/mol. The van der Waals surface area contributed by atoms with Gasteiger partial charge in [0.1, 0.15) is 5.78 Å². The molecule has 0 saturated heterocycles. The Bertz CT molecular complexity index is 373. The topological polar surface area (TPSA) is 56.0 Å². The highest BCUT2D eigenvalue weighted by atomic mass is 16.1. The van der Waals surface area contributed by atoms with Gasteiger partial charge >= 0.3 is 0 Å². The molecule has 0 aromatic carbocycles. The number of carbonyl (C=O) groups is 1. The number of rotatable bonds is 2. The Labute approximate surface area is 96.1 Å². The quantitative estimate of drug-likeness (QED) is 0.822. The van der Waals surface area contributed by atoms with E-state index >= 15 is 0 Å². The molecule has 2 rings (SSSR count). The van der Waals surface area contributed by atoms with E-state index < -0.39 is 0 Å². The molecule has 0 bridgehead atoms. The van der Waals surface area contributed by atoms with Gasteiger partial charge in [0.25, 0.3) is 0 Å². The van der Waals surface area contributed by atoms with Gasteiger partial charge in [-0.25, -0.2) is 0 Å². The predicted octanol–water partition coefficient (Wildman–Crippen LogP) is 1.71. The largest absolute Gasteiger partial charge is 0.325 e. The van der Waals surface area contributed by atoms with E-state index in [0.29, 0.717) is 12.2 Å². The molecule has 1 aliphatic carbocycles. The average Bonchev–Trinajstić information content (AvgIpc) is 2.25. The summed E-state index contributed by atoms with van der Waals surface area (Å²) in [5, 5.41) is 0. The third-order valence-electron chi connectivity index (χ3n) is 3.29. The second-order valence-corrected chi connectivity index (χ2v) is 5.05. The molecular weight excluding hydrogens is 200 g/mol. The molecule has 1 fully saturated rings. The van der Waals surface area contributed by atoms with Crippen molar-refractivity contribution in [3.05, 3.63) is 30.1 Å². The lowest BCUT2D eigenvalue weighted by Gasteiger charge is -2.33. The molecule has 2 atom stereocenters. The minimum atomic E-state index is -0.187. The molecule has 0 radical (unpaired) electrons. The maximum atomic E-state index is 11.8. The molecule has 3 heteroatoms. The van der Waals surface area contributed by atoms with E-state index in [9.17, 15) is 4.79 Å². The molecule has 0 aliphatic heterocycles. The summed E-state index contributed by atoms with van der Waals surface area (Å²) >= 11 is 0. The first kappa shape index (κ1) is 11.3. The lowest BCUT2D eigenvalue weighted by Crippen LogP contribution is -2.44. The number of pyridine rings is 1. The number of nitrogens with zero attached hydrogens (tertiary/aromatic N) is 1. The first-order valence-corrected chi connectivity index (χ1v) is 5.78. The van der Waals surface area contributed by atoms with Crippen LogP contribution in [0.5, 0.6) is 0 Å². The van der Waals surface area contributed by atoms with Crippen LogP contribution in [0.25, 0.3) is 0 Å². The second kappa shape index (κ2) is 4.34. The Morgan fingerprint density at radius 2 is 2.38 bits per heavy atom. The molecule has 0 spiro atoms. The molecule has 3 nitrogen and oxygen atoms in total. The number of aromatic nitrogens is 1. The SMILES string of the molecule is CC1(N)CCC(=O)C(Cc2ccccn2)C1. The number of Topliss-reactive ketones (excluding diaryl/α,β-unsaturated/α-hetero) is 1. The van der Waals surface area contributed by atoms with Crippen molar-refractivity contribution in [1.29, 1.82) is 0 Å². The van der Waals surface area contributed by atoms with Gasteiger partial charge in [-0.3, -0.25) is 9.78 Å². The van der Waals surface area contributed by atoms with Gasteiger partial charge in [-0.15, -0.1) is 0 Å². The zero-order chi connectivity index (χ0) is 11.6. The van der Waals surface area contributed by atoms with Crippen LogP contribution in [-0.4, -0.2) is 16.3 Å². The van der Waals surface area contributed by atoms with E-state index in [1.54, 1.807) is 6.20 Å². The van der Waals surface area contributed by atoms with Gasteiger partial charge in [0.2, 0.25) is 0 Å². The molecule has 2 unspecified atom stereocenters. The number of ketones is 1. The van der Waals surface area contributed by atoms with Crippen molar-refractivity contribution in [1.82, 2.24) is 4.98 Å². The summed E-state index contributed by atoms with van der Waals surface area (Å²) in [7, 11) is 0. The first-order valence-electron chi connectivity index (χ1n) is 5.78. The van der Waals surface area contributed by atoms with Crippen LogP contribution in [0.2, 0.25) is 0 Å². The van der Waals surface area contributed by atoms with Crippen LogP contribution in [0, 0.1) is 5.92 Å². The third kappa shape index (κ3) is 2.67. The molecule has 1 saturated carbocycles. The summed E-state index contributed by atoms with van der Waals surface area (Å²) in [6.45, 7) is 2.03. The standard InChI is InChI=1S/C13H18N2O/c1-13(14)6-5-12(16)10(9-13)8-11-4-2-3-7-15-11/h2-4,7,10H,5-6,8-9,14H2,1H3. The Balaban J connectivity index is 2.06. The van der Waals surface area contributed by atoms with E-state index in [-0.39, 0.29) is 11.5 Å². The maximum absolute atomic E-state index is 11.8. The fourth-order valence-electron chi connectivity index (χ4n) is 2.35. The monoisotopic (exact) mass is 218 g/mol. The molecule has 1 heterocycles. The van der Waals surface area contributed by atoms with E-state index in [1.807, 2.05) is 25.1 Å². The van der Waals surface area contributed by atoms with Crippen molar-refractivity contribution in [2.75, 3.05) is 0 Å². The smallest absolute Gasteiger partial charge is 0.136 e. The van der Waals surface area contributed by atoms with Crippen molar-refractivity contribution < 1.29 is 4.79 Å². The molecule has 1 aromatic heterocycles. The van der Waals surface area contributed by atoms with Crippen molar-refractivity contribution in [2.24, 2.45) is 11.7 Å². The minimum absolute atomic E-state index is 0.0543.